The molecule has 0 bridgehead atoms. The molecule has 5 rings (SSSR count). The molecule has 2 heterocycles. The Morgan fingerprint density at radius 1 is 1.21 bits per heavy atom. The molecule has 3 atom stereocenters. The number of benzene rings is 2. The van der Waals surface area contributed by atoms with Crippen LogP contribution in [0, 0.1) is 5.92 Å². The fourth-order valence-electron chi connectivity index (χ4n) is 5.06. The maximum atomic E-state index is 12.3. The van der Waals surface area contributed by atoms with Crippen LogP contribution >= 0.6 is 11.6 Å². The van der Waals surface area contributed by atoms with Gasteiger partial charge in [-0.2, -0.15) is 5.10 Å². The van der Waals surface area contributed by atoms with Gasteiger partial charge in [-0.25, -0.2) is 5.43 Å². The molecule has 0 spiro atoms. The van der Waals surface area contributed by atoms with Gasteiger partial charge < -0.3 is 10.1 Å². The quantitative estimate of drug-likeness (QED) is 0.392. The highest BCUT2D eigenvalue weighted by Gasteiger charge is 2.38. The molecule has 2 N–H and O–H groups in total. The molecule has 7 heteroatoms. The first-order valence-electron chi connectivity index (χ1n) is 11.6. The number of halogens is 1. The largest absolute Gasteiger partial charge is 0.379 e. The zero-order valence-electron chi connectivity index (χ0n) is 18.8. The van der Waals surface area contributed by atoms with Crippen LogP contribution in [0.15, 0.2) is 59.7 Å². The molecule has 0 radical (unpaired) electrons. The zero-order valence-corrected chi connectivity index (χ0v) is 19.5. The van der Waals surface area contributed by atoms with Gasteiger partial charge in [0.1, 0.15) is 0 Å². The van der Waals surface area contributed by atoms with E-state index in [9.17, 15) is 4.79 Å². The first kappa shape index (κ1) is 22.1. The van der Waals surface area contributed by atoms with Gasteiger partial charge >= 0.3 is 0 Å². The summed E-state index contributed by atoms with van der Waals surface area (Å²) in [4.78, 5) is 14.4. The maximum Gasteiger partial charge on any atom is 0.254 e. The van der Waals surface area contributed by atoms with Crippen molar-refractivity contribution in [1.29, 1.82) is 0 Å². The van der Waals surface area contributed by atoms with E-state index >= 15 is 0 Å². The Kier molecular flexibility index (Phi) is 6.49. The van der Waals surface area contributed by atoms with Gasteiger partial charge in [0, 0.05) is 29.7 Å². The van der Waals surface area contributed by atoms with Gasteiger partial charge in [-0.3, -0.25) is 9.69 Å². The molecular weight excluding hydrogens is 436 g/mol. The van der Waals surface area contributed by atoms with Crippen molar-refractivity contribution in [2.45, 2.75) is 25.3 Å². The number of morpholine rings is 1. The molecule has 1 amide bonds. The lowest BCUT2D eigenvalue weighted by atomic mass is 9.76. The highest BCUT2D eigenvalue weighted by Crippen LogP contribution is 2.50. The van der Waals surface area contributed by atoms with Crippen molar-refractivity contribution in [3.05, 3.63) is 76.3 Å². The van der Waals surface area contributed by atoms with Gasteiger partial charge in [0.25, 0.3) is 5.91 Å². The molecule has 2 aliphatic heterocycles. The molecule has 1 fully saturated rings. The summed E-state index contributed by atoms with van der Waals surface area (Å²) >= 11 is 6.54. The monoisotopic (exact) mass is 464 g/mol. The highest BCUT2D eigenvalue weighted by molar-refractivity contribution is 6.31. The molecule has 2 aromatic rings. The molecule has 33 heavy (non-hydrogen) atoms. The minimum atomic E-state index is -0.0998. The van der Waals surface area contributed by atoms with Gasteiger partial charge in [-0.05, 0) is 54.2 Å². The second kappa shape index (κ2) is 9.67. The van der Waals surface area contributed by atoms with Gasteiger partial charge in [-0.1, -0.05) is 48.0 Å². The van der Waals surface area contributed by atoms with Crippen molar-refractivity contribution in [2.24, 2.45) is 11.0 Å². The number of carbonyl (C=O) groups excluding carboxylic acids is 1. The van der Waals surface area contributed by atoms with Crippen molar-refractivity contribution in [2.75, 3.05) is 38.2 Å². The minimum absolute atomic E-state index is 0.0998. The average molecular weight is 465 g/mol. The molecule has 3 aliphatic rings. The van der Waals surface area contributed by atoms with E-state index in [1.54, 1.807) is 0 Å². The van der Waals surface area contributed by atoms with Gasteiger partial charge in [0.2, 0.25) is 0 Å². The Balaban J connectivity index is 1.33. The number of amides is 1. The van der Waals surface area contributed by atoms with E-state index in [0.717, 1.165) is 47.1 Å². The lowest BCUT2D eigenvalue weighted by Gasteiger charge is -2.38. The number of fused-ring (bicyclic) bond motifs is 3. The fourth-order valence-corrected chi connectivity index (χ4v) is 5.32. The zero-order chi connectivity index (χ0) is 22.8. The number of nitrogens with zero attached hydrogens (tertiary/aromatic N) is 2. The summed E-state index contributed by atoms with van der Waals surface area (Å²) in [5.74, 6) is 0.640. The number of anilines is 1. The summed E-state index contributed by atoms with van der Waals surface area (Å²) in [6.07, 6.45) is 5.60. The van der Waals surface area contributed by atoms with Crippen LogP contribution in [0.1, 0.15) is 42.0 Å². The third-order valence-corrected chi connectivity index (χ3v) is 7.18. The Bertz CT molecular complexity index is 1090. The lowest BCUT2D eigenvalue weighted by molar-refractivity contribution is -0.123. The van der Waals surface area contributed by atoms with Crippen LogP contribution < -0.4 is 10.7 Å². The van der Waals surface area contributed by atoms with E-state index < -0.39 is 0 Å². The van der Waals surface area contributed by atoms with Crippen LogP contribution in [0.4, 0.5) is 5.69 Å². The predicted octanol–water partition coefficient (Wildman–Crippen LogP) is 4.34. The van der Waals surface area contributed by atoms with Crippen LogP contribution in [0.3, 0.4) is 0 Å². The predicted molar refractivity (Wildman–Crippen MR) is 132 cm³/mol. The van der Waals surface area contributed by atoms with E-state index in [4.69, 9.17) is 16.3 Å². The van der Waals surface area contributed by atoms with Crippen molar-refractivity contribution < 1.29 is 9.53 Å². The van der Waals surface area contributed by atoms with Gasteiger partial charge in [-0.15, -0.1) is 0 Å². The summed E-state index contributed by atoms with van der Waals surface area (Å²) in [5.41, 5.74) is 8.05. The lowest BCUT2D eigenvalue weighted by Crippen LogP contribution is -2.42. The number of carbonyl (C=O) groups is 1. The van der Waals surface area contributed by atoms with E-state index in [-0.39, 0.29) is 11.9 Å². The molecule has 6 nitrogen and oxygen atoms in total. The molecular formula is C26H29ClN4O2. The average Bonchev–Trinajstić information content (AvgIpc) is 3.33. The van der Waals surface area contributed by atoms with E-state index in [1.165, 1.54) is 5.56 Å². The van der Waals surface area contributed by atoms with Crippen LogP contribution in [0.2, 0.25) is 5.02 Å². The smallest absolute Gasteiger partial charge is 0.254 e. The number of nitrogens with one attached hydrogen (secondary N) is 2. The second-order valence-corrected chi connectivity index (χ2v) is 9.33. The van der Waals surface area contributed by atoms with Crippen molar-refractivity contribution in [3.63, 3.8) is 0 Å². The Hall–Kier alpha value is -2.67. The normalized spacial score (nSPS) is 24.7. The Morgan fingerprint density at radius 3 is 2.85 bits per heavy atom. The number of hydrogen-bond donors (Lipinski definition) is 2. The van der Waals surface area contributed by atoms with Crippen molar-refractivity contribution in [1.82, 2.24) is 10.3 Å². The maximum absolute atomic E-state index is 12.3. The summed E-state index contributed by atoms with van der Waals surface area (Å²) in [6, 6.07) is 14.6. The number of rotatable bonds is 5. The molecule has 1 aliphatic carbocycles. The van der Waals surface area contributed by atoms with Crippen molar-refractivity contribution in [3.8, 4) is 0 Å². The second-order valence-electron chi connectivity index (χ2n) is 8.92. The van der Waals surface area contributed by atoms with Crippen LogP contribution in [0.5, 0.6) is 0 Å². The molecule has 1 saturated heterocycles. The Morgan fingerprint density at radius 2 is 2.03 bits per heavy atom. The highest BCUT2D eigenvalue weighted by atomic mass is 35.5. The molecule has 0 unspecified atom stereocenters. The molecule has 0 aromatic heterocycles. The van der Waals surface area contributed by atoms with E-state index in [0.29, 0.717) is 31.6 Å². The summed E-state index contributed by atoms with van der Waals surface area (Å²) in [5, 5.41) is 8.91. The summed E-state index contributed by atoms with van der Waals surface area (Å²) in [7, 11) is 0. The SMILES string of the molecule is C/C(=N/NC(=O)CN1CCOCC1)c1ccc2c(c1)[C@H]1C=CC[C@H]1[C@@H](c1ccccc1Cl)N2. The van der Waals surface area contributed by atoms with Gasteiger partial charge in [0.05, 0.1) is 31.5 Å². The van der Waals surface area contributed by atoms with Crippen LogP contribution in [-0.2, 0) is 9.53 Å². The first-order valence-corrected chi connectivity index (χ1v) is 11.9. The summed E-state index contributed by atoms with van der Waals surface area (Å²) < 4.78 is 5.33. The van der Waals surface area contributed by atoms with Crippen LogP contribution in [0.25, 0.3) is 0 Å². The topological polar surface area (TPSA) is 66.0 Å². The molecule has 2 aromatic carbocycles. The van der Waals surface area contributed by atoms with E-state index in [1.807, 2.05) is 25.1 Å². The standard InChI is InChI=1S/C26H29ClN4O2/c1-17(29-30-25(32)16-31-11-13-33-14-12-31)18-9-10-24-22(15-18)19-6-4-7-20(19)26(28-24)21-5-2-3-8-23(21)27/h2-6,8-10,15,19-20,26,28H,7,11-14,16H2,1H3,(H,30,32)/b29-17-/t19-,20+,26-/m0/s1. The third-order valence-electron chi connectivity index (χ3n) is 6.84. The number of hydrogen-bond acceptors (Lipinski definition) is 5. The number of ether oxygens (including phenoxy) is 1. The molecule has 172 valence electrons. The summed E-state index contributed by atoms with van der Waals surface area (Å²) in [6.45, 7) is 5.17. The minimum Gasteiger partial charge on any atom is -0.379 e. The van der Waals surface area contributed by atoms with E-state index in [2.05, 4.69) is 57.2 Å². The third kappa shape index (κ3) is 4.69. The fraction of sp³-hybridized carbons (Fsp3) is 0.385. The van der Waals surface area contributed by atoms with Gasteiger partial charge in [0.15, 0.2) is 0 Å². The Labute approximate surface area is 199 Å². The number of hydrazone groups is 1. The van der Waals surface area contributed by atoms with Crippen molar-refractivity contribution >= 4 is 28.9 Å². The number of allylic oxidation sites excluding steroid dienone is 2. The first-order chi connectivity index (χ1) is 16.1. The van der Waals surface area contributed by atoms with Crippen LogP contribution in [-0.4, -0.2) is 49.4 Å². The molecule has 0 saturated carbocycles.